The highest BCUT2D eigenvalue weighted by atomic mass is 32.2. The topological polar surface area (TPSA) is 72.9 Å². The van der Waals surface area contributed by atoms with Gasteiger partial charge < -0.3 is 9.32 Å². The third-order valence-electron chi connectivity index (χ3n) is 5.39. The van der Waals surface area contributed by atoms with E-state index in [2.05, 4.69) is 68.0 Å². The molecule has 1 saturated heterocycles. The van der Waals surface area contributed by atoms with Crippen LogP contribution in [0, 0.1) is 6.92 Å². The molecular weight excluding hydrogens is 408 g/mol. The van der Waals surface area contributed by atoms with Crippen LogP contribution in [0.15, 0.2) is 64.2 Å². The van der Waals surface area contributed by atoms with Crippen molar-refractivity contribution in [3.8, 4) is 17.1 Å². The van der Waals surface area contributed by atoms with Crippen molar-refractivity contribution in [1.29, 1.82) is 0 Å². The first-order valence-corrected chi connectivity index (χ1v) is 11.4. The summed E-state index contributed by atoms with van der Waals surface area (Å²) in [4.78, 5) is 2.31. The van der Waals surface area contributed by atoms with E-state index < -0.39 is 0 Å². The lowest BCUT2D eigenvalue weighted by molar-refractivity contribution is 0.509. The van der Waals surface area contributed by atoms with Crippen molar-refractivity contribution in [2.75, 3.05) is 18.0 Å². The normalized spacial score (nSPS) is 14.8. The molecule has 0 spiro atoms. The Kier molecular flexibility index (Phi) is 5.46. The lowest BCUT2D eigenvalue weighted by Crippen LogP contribution is -2.22. The third kappa shape index (κ3) is 4.07. The average Bonchev–Trinajstić information content (AvgIpc) is 3.55. The van der Waals surface area contributed by atoms with Crippen LogP contribution in [-0.2, 0) is 0 Å². The van der Waals surface area contributed by atoms with Gasteiger partial charge in [-0.15, -0.1) is 20.4 Å². The van der Waals surface area contributed by atoms with Crippen LogP contribution in [-0.4, -0.2) is 38.1 Å². The first-order valence-electron chi connectivity index (χ1n) is 10.5. The summed E-state index contributed by atoms with van der Waals surface area (Å²) in [5.74, 6) is 2.00. The second kappa shape index (κ2) is 8.55. The molecule has 1 aliphatic heterocycles. The van der Waals surface area contributed by atoms with Crippen LogP contribution < -0.4 is 4.90 Å². The van der Waals surface area contributed by atoms with E-state index in [0.717, 1.165) is 35.4 Å². The van der Waals surface area contributed by atoms with Gasteiger partial charge >= 0.3 is 0 Å². The second-order valence-corrected chi connectivity index (χ2v) is 9.03. The Balaban J connectivity index is 1.45. The molecule has 3 heterocycles. The number of hydrogen-bond donors (Lipinski definition) is 0. The molecule has 0 amide bonds. The first kappa shape index (κ1) is 19.8. The molecule has 1 unspecified atom stereocenters. The standard InChI is InChI=1S/C23H24N6OS/c1-16-10-12-19(13-11-16)29-22(28-14-6-7-15-28)26-27-23(29)31-17(2)20-24-25-21(30-20)18-8-4-3-5-9-18/h3-5,8-13,17H,6-7,14-15H2,1-2H3. The lowest BCUT2D eigenvalue weighted by atomic mass is 10.2. The highest BCUT2D eigenvalue weighted by Crippen LogP contribution is 2.37. The fraction of sp³-hybridized carbons (Fsp3) is 0.304. The number of anilines is 1. The van der Waals surface area contributed by atoms with E-state index in [9.17, 15) is 0 Å². The number of hydrogen-bond acceptors (Lipinski definition) is 7. The number of aryl methyl sites for hydroxylation is 1. The molecule has 1 aliphatic rings. The van der Waals surface area contributed by atoms with Crippen LogP contribution in [0.4, 0.5) is 5.95 Å². The molecule has 2 aromatic heterocycles. The smallest absolute Gasteiger partial charge is 0.247 e. The summed E-state index contributed by atoms with van der Waals surface area (Å²) in [5, 5.41) is 18.3. The van der Waals surface area contributed by atoms with Gasteiger partial charge in [-0.3, -0.25) is 4.57 Å². The van der Waals surface area contributed by atoms with Gasteiger partial charge in [0, 0.05) is 18.7 Å². The SMILES string of the molecule is Cc1ccc(-n2c(SC(C)c3nnc(-c4ccccc4)o3)nnc2N2CCCC2)cc1. The Morgan fingerprint density at radius 2 is 1.65 bits per heavy atom. The minimum absolute atomic E-state index is 0.0650. The summed E-state index contributed by atoms with van der Waals surface area (Å²) in [6, 6.07) is 18.3. The highest BCUT2D eigenvalue weighted by Gasteiger charge is 2.25. The molecule has 1 atom stereocenters. The van der Waals surface area contributed by atoms with Crippen LogP contribution in [0.5, 0.6) is 0 Å². The third-order valence-corrected chi connectivity index (χ3v) is 6.42. The zero-order valence-corrected chi connectivity index (χ0v) is 18.4. The van der Waals surface area contributed by atoms with Crippen molar-refractivity contribution in [3.63, 3.8) is 0 Å². The first-order chi connectivity index (χ1) is 15.2. The molecular formula is C23H24N6OS. The van der Waals surface area contributed by atoms with E-state index in [0.29, 0.717) is 11.8 Å². The Bertz CT molecular complexity index is 1150. The maximum absolute atomic E-state index is 5.96. The molecule has 2 aromatic carbocycles. The minimum atomic E-state index is -0.0650. The summed E-state index contributed by atoms with van der Waals surface area (Å²) >= 11 is 1.58. The van der Waals surface area contributed by atoms with Gasteiger partial charge in [-0.05, 0) is 51.0 Å². The molecule has 0 radical (unpaired) electrons. The molecule has 4 aromatic rings. The zero-order chi connectivity index (χ0) is 21.2. The van der Waals surface area contributed by atoms with E-state index in [-0.39, 0.29) is 5.25 Å². The summed E-state index contributed by atoms with van der Waals surface area (Å²) in [5.41, 5.74) is 3.20. The van der Waals surface area contributed by atoms with Gasteiger partial charge in [-0.2, -0.15) is 0 Å². The number of benzene rings is 2. The van der Waals surface area contributed by atoms with E-state index in [4.69, 9.17) is 4.42 Å². The van der Waals surface area contributed by atoms with Crippen molar-refractivity contribution in [2.45, 2.75) is 37.1 Å². The molecule has 8 heteroatoms. The molecule has 5 rings (SSSR count). The number of thioether (sulfide) groups is 1. The van der Waals surface area contributed by atoms with Gasteiger partial charge in [-0.1, -0.05) is 47.7 Å². The van der Waals surface area contributed by atoms with Crippen molar-refractivity contribution >= 4 is 17.7 Å². The largest absolute Gasteiger partial charge is 0.419 e. The predicted molar refractivity (Wildman–Crippen MR) is 122 cm³/mol. The summed E-state index contributed by atoms with van der Waals surface area (Å²) in [6.07, 6.45) is 2.37. The zero-order valence-electron chi connectivity index (χ0n) is 17.6. The Morgan fingerprint density at radius 3 is 2.39 bits per heavy atom. The van der Waals surface area contributed by atoms with E-state index in [1.54, 1.807) is 11.8 Å². The van der Waals surface area contributed by atoms with E-state index in [1.807, 2.05) is 30.3 Å². The molecule has 0 bridgehead atoms. The van der Waals surface area contributed by atoms with Crippen molar-refractivity contribution in [1.82, 2.24) is 25.0 Å². The monoisotopic (exact) mass is 432 g/mol. The van der Waals surface area contributed by atoms with Gasteiger partial charge in [0.15, 0.2) is 5.16 Å². The molecule has 0 aliphatic carbocycles. The van der Waals surface area contributed by atoms with Crippen LogP contribution in [0.3, 0.4) is 0 Å². The second-order valence-electron chi connectivity index (χ2n) is 7.72. The maximum Gasteiger partial charge on any atom is 0.247 e. The number of aromatic nitrogens is 5. The fourth-order valence-electron chi connectivity index (χ4n) is 3.69. The maximum atomic E-state index is 5.96. The molecule has 0 N–H and O–H groups in total. The summed E-state index contributed by atoms with van der Waals surface area (Å²) in [7, 11) is 0. The van der Waals surface area contributed by atoms with Crippen LogP contribution in [0.2, 0.25) is 0 Å². The van der Waals surface area contributed by atoms with Gasteiger partial charge in [0.2, 0.25) is 17.7 Å². The fourth-order valence-corrected chi connectivity index (χ4v) is 4.58. The number of rotatable bonds is 6. The van der Waals surface area contributed by atoms with Gasteiger partial charge in [0.25, 0.3) is 0 Å². The van der Waals surface area contributed by atoms with E-state index in [1.165, 1.54) is 18.4 Å². The summed E-state index contributed by atoms with van der Waals surface area (Å²) < 4.78 is 8.10. The van der Waals surface area contributed by atoms with Crippen molar-refractivity contribution in [3.05, 3.63) is 66.1 Å². The molecule has 158 valence electrons. The Morgan fingerprint density at radius 1 is 0.903 bits per heavy atom. The quantitative estimate of drug-likeness (QED) is 0.393. The van der Waals surface area contributed by atoms with Gasteiger partial charge in [-0.25, -0.2) is 0 Å². The summed E-state index contributed by atoms with van der Waals surface area (Å²) in [6.45, 7) is 6.16. The van der Waals surface area contributed by atoms with Gasteiger partial charge in [0.05, 0.1) is 10.9 Å². The lowest BCUT2D eigenvalue weighted by Gasteiger charge is -2.19. The number of nitrogens with zero attached hydrogens (tertiary/aromatic N) is 6. The van der Waals surface area contributed by atoms with Gasteiger partial charge in [0.1, 0.15) is 0 Å². The van der Waals surface area contributed by atoms with Crippen LogP contribution in [0.25, 0.3) is 17.1 Å². The minimum Gasteiger partial charge on any atom is -0.419 e. The average molecular weight is 433 g/mol. The Labute approximate surface area is 185 Å². The predicted octanol–water partition coefficient (Wildman–Crippen LogP) is 5.08. The van der Waals surface area contributed by atoms with E-state index >= 15 is 0 Å². The molecule has 0 saturated carbocycles. The molecule has 7 nitrogen and oxygen atoms in total. The molecule has 31 heavy (non-hydrogen) atoms. The van der Waals surface area contributed by atoms with Crippen molar-refractivity contribution in [2.24, 2.45) is 0 Å². The van der Waals surface area contributed by atoms with Crippen LogP contribution >= 0.6 is 11.8 Å². The highest BCUT2D eigenvalue weighted by molar-refractivity contribution is 7.99. The van der Waals surface area contributed by atoms with Crippen molar-refractivity contribution < 1.29 is 4.42 Å². The van der Waals surface area contributed by atoms with Crippen LogP contribution in [0.1, 0.15) is 36.5 Å². The Hall–Kier alpha value is -3.13. The molecule has 1 fully saturated rings.